The summed E-state index contributed by atoms with van der Waals surface area (Å²) in [4.78, 5) is 0. The van der Waals surface area contributed by atoms with Crippen LogP contribution in [0.2, 0.25) is 5.02 Å². The lowest BCUT2D eigenvalue weighted by Crippen LogP contribution is -2.53. The van der Waals surface area contributed by atoms with Crippen molar-refractivity contribution >= 4 is 24.2 Å². The first-order valence-electron chi connectivity index (χ1n) is 6.11. The first-order valence-corrected chi connectivity index (χ1v) is 6.49. The van der Waals surface area contributed by atoms with E-state index in [9.17, 15) is 14.5 Å². The van der Waals surface area contributed by atoms with Crippen molar-refractivity contribution in [1.29, 1.82) is 0 Å². The van der Waals surface area contributed by atoms with Gasteiger partial charge in [0.2, 0.25) is 0 Å². The number of hydrogen-bond donors (Lipinski definition) is 2. The van der Waals surface area contributed by atoms with Crippen molar-refractivity contribution in [2.24, 2.45) is 0 Å². The largest absolute Gasteiger partial charge is 0.496 e. The summed E-state index contributed by atoms with van der Waals surface area (Å²) in [6.45, 7) is 6.23. The van der Waals surface area contributed by atoms with Crippen molar-refractivity contribution in [3.8, 4) is 5.75 Å². The van der Waals surface area contributed by atoms with Gasteiger partial charge in [0.1, 0.15) is 11.6 Å². The fraction of sp³-hybridized carbons (Fsp3) is 0.538. The Bertz CT molecular complexity index is 488. The molecule has 0 unspecified atom stereocenters. The quantitative estimate of drug-likeness (QED) is 0.814. The Morgan fingerprint density at radius 2 is 1.80 bits per heavy atom. The molecule has 0 amide bonds. The Labute approximate surface area is 123 Å². The fourth-order valence-corrected chi connectivity index (χ4v) is 1.74. The Morgan fingerprint density at radius 1 is 1.25 bits per heavy atom. The highest BCUT2D eigenvalue weighted by molar-refractivity contribution is 6.64. The number of hydrogen-bond acceptors (Lipinski definition) is 4. The van der Waals surface area contributed by atoms with Gasteiger partial charge in [0.25, 0.3) is 0 Å². The second kappa shape index (κ2) is 5.89. The summed E-state index contributed by atoms with van der Waals surface area (Å²) in [6, 6.07) is 2.48. The Morgan fingerprint density at radius 3 is 2.25 bits per heavy atom. The third-order valence-electron chi connectivity index (χ3n) is 3.44. The van der Waals surface area contributed by atoms with E-state index in [2.05, 4.69) is 0 Å². The van der Waals surface area contributed by atoms with Gasteiger partial charge in [-0.15, -0.1) is 0 Å². The van der Waals surface area contributed by atoms with Crippen molar-refractivity contribution in [1.82, 2.24) is 0 Å². The molecule has 0 aliphatic heterocycles. The lowest BCUT2D eigenvalue weighted by atomic mass is 9.76. The van der Waals surface area contributed by atoms with Crippen molar-refractivity contribution in [2.75, 3.05) is 7.11 Å². The second-order valence-electron chi connectivity index (χ2n) is 5.52. The van der Waals surface area contributed by atoms with Crippen LogP contribution < -0.4 is 10.2 Å². The SMILES string of the molecule is COc1ccc(F)c(B(O)OC(C)(C)C(C)(C)O)c1Cl. The molecule has 1 aromatic carbocycles. The highest BCUT2D eigenvalue weighted by Gasteiger charge is 2.41. The zero-order valence-electron chi connectivity index (χ0n) is 12.2. The molecule has 0 bridgehead atoms. The average molecular weight is 305 g/mol. The van der Waals surface area contributed by atoms with Crippen molar-refractivity contribution < 1.29 is 23.9 Å². The maximum absolute atomic E-state index is 13.8. The summed E-state index contributed by atoms with van der Waals surface area (Å²) in [5.74, 6) is -0.485. The van der Waals surface area contributed by atoms with Gasteiger partial charge in [-0.3, -0.25) is 0 Å². The first kappa shape index (κ1) is 17.2. The van der Waals surface area contributed by atoms with Crippen LogP contribution >= 0.6 is 11.6 Å². The van der Waals surface area contributed by atoms with E-state index in [0.29, 0.717) is 0 Å². The van der Waals surface area contributed by atoms with Crippen LogP contribution in [0.15, 0.2) is 12.1 Å². The van der Waals surface area contributed by atoms with E-state index in [-0.39, 0.29) is 16.2 Å². The fourth-order valence-electron chi connectivity index (χ4n) is 1.42. The standard InChI is InChI=1S/C13H19BClFO4/c1-12(2,17)13(3,4)20-14(18)10-8(16)6-7-9(19-5)11(10)15/h6-7,17-18H,1-5H3. The minimum Gasteiger partial charge on any atom is -0.495 e. The highest BCUT2D eigenvalue weighted by atomic mass is 35.5. The van der Waals surface area contributed by atoms with Crippen LogP contribution in [-0.4, -0.2) is 35.6 Å². The van der Waals surface area contributed by atoms with E-state index in [1.54, 1.807) is 13.8 Å². The molecule has 1 rings (SSSR count). The van der Waals surface area contributed by atoms with E-state index in [4.69, 9.17) is 21.0 Å². The molecule has 1 aromatic rings. The van der Waals surface area contributed by atoms with Gasteiger partial charge >= 0.3 is 7.12 Å². The Hall–Kier alpha value is -0.815. The summed E-state index contributed by atoms with van der Waals surface area (Å²) in [5.41, 5.74) is -2.58. The van der Waals surface area contributed by atoms with Crippen LogP contribution in [0.4, 0.5) is 4.39 Å². The molecule has 0 atom stereocenters. The van der Waals surface area contributed by atoms with Crippen LogP contribution in [0.5, 0.6) is 5.75 Å². The molecule has 0 aliphatic rings. The summed E-state index contributed by atoms with van der Waals surface area (Å²) >= 11 is 5.98. The van der Waals surface area contributed by atoms with Crippen LogP contribution in [0, 0.1) is 5.82 Å². The highest BCUT2D eigenvalue weighted by Crippen LogP contribution is 2.28. The molecule has 0 aromatic heterocycles. The molecule has 7 heteroatoms. The Kier molecular flexibility index (Phi) is 5.08. The van der Waals surface area contributed by atoms with Crippen LogP contribution in [-0.2, 0) is 4.65 Å². The summed E-state index contributed by atoms with van der Waals surface area (Å²) in [5, 5.41) is 20.0. The molecule has 20 heavy (non-hydrogen) atoms. The third-order valence-corrected chi connectivity index (χ3v) is 3.83. The lowest BCUT2D eigenvalue weighted by molar-refractivity contribution is -0.0983. The summed E-state index contributed by atoms with van der Waals surface area (Å²) < 4.78 is 24.2. The van der Waals surface area contributed by atoms with Gasteiger partial charge in [0, 0.05) is 5.46 Å². The van der Waals surface area contributed by atoms with Crippen LogP contribution in [0.25, 0.3) is 0 Å². The molecule has 2 N–H and O–H groups in total. The van der Waals surface area contributed by atoms with Gasteiger partial charge < -0.3 is 19.5 Å². The lowest BCUT2D eigenvalue weighted by Gasteiger charge is -2.38. The molecular formula is C13H19BClFO4. The third kappa shape index (κ3) is 3.44. The molecular weight excluding hydrogens is 285 g/mol. The van der Waals surface area contributed by atoms with E-state index < -0.39 is 24.1 Å². The minimum absolute atomic E-state index is 0.0634. The van der Waals surface area contributed by atoms with Gasteiger partial charge in [-0.25, -0.2) is 4.39 Å². The van der Waals surface area contributed by atoms with E-state index in [1.165, 1.54) is 27.0 Å². The number of benzene rings is 1. The molecule has 112 valence electrons. The van der Waals surface area contributed by atoms with Gasteiger partial charge in [-0.05, 0) is 39.8 Å². The predicted molar refractivity (Wildman–Crippen MR) is 77.0 cm³/mol. The molecule has 0 saturated heterocycles. The number of ether oxygens (including phenoxy) is 1. The zero-order chi connectivity index (χ0) is 15.7. The summed E-state index contributed by atoms with van der Waals surface area (Å²) in [7, 11) is -0.240. The summed E-state index contributed by atoms with van der Waals surface area (Å²) in [6.07, 6.45) is 0. The number of rotatable bonds is 5. The maximum Gasteiger partial charge on any atom is 0.496 e. The Balaban J connectivity index is 3.13. The maximum atomic E-state index is 13.8. The average Bonchev–Trinajstić information content (AvgIpc) is 2.27. The van der Waals surface area contributed by atoms with Crippen molar-refractivity contribution in [2.45, 2.75) is 38.9 Å². The smallest absolute Gasteiger partial charge is 0.495 e. The van der Waals surface area contributed by atoms with E-state index in [1.807, 2.05) is 0 Å². The molecule has 0 saturated carbocycles. The molecule has 4 nitrogen and oxygen atoms in total. The van der Waals surface area contributed by atoms with Gasteiger partial charge in [-0.2, -0.15) is 0 Å². The van der Waals surface area contributed by atoms with Gasteiger partial charge in [0.15, 0.2) is 0 Å². The van der Waals surface area contributed by atoms with Crippen LogP contribution in [0.1, 0.15) is 27.7 Å². The molecule has 0 heterocycles. The van der Waals surface area contributed by atoms with Gasteiger partial charge in [-0.1, -0.05) is 11.6 Å². The van der Waals surface area contributed by atoms with Crippen molar-refractivity contribution in [3.05, 3.63) is 23.0 Å². The molecule has 0 aliphatic carbocycles. The van der Waals surface area contributed by atoms with Crippen LogP contribution in [0.3, 0.4) is 0 Å². The van der Waals surface area contributed by atoms with E-state index in [0.717, 1.165) is 6.07 Å². The molecule has 0 radical (unpaired) electrons. The van der Waals surface area contributed by atoms with E-state index >= 15 is 0 Å². The number of aliphatic hydroxyl groups is 1. The molecule has 0 spiro atoms. The number of methoxy groups -OCH3 is 1. The monoisotopic (exact) mass is 304 g/mol. The second-order valence-corrected chi connectivity index (χ2v) is 5.89. The minimum atomic E-state index is -1.63. The molecule has 0 fully saturated rings. The number of halogens is 2. The normalized spacial score (nSPS) is 12.4. The first-order chi connectivity index (χ1) is 9.01. The topological polar surface area (TPSA) is 58.9 Å². The van der Waals surface area contributed by atoms with Gasteiger partial charge in [0.05, 0.1) is 23.3 Å². The zero-order valence-corrected chi connectivity index (χ0v) is 13.0. The van der Waals surface area contributed by atoms with Crippen molar-refractivity contribution in [3.63, 3.8) is 0 Å². The predicted octanol–water partition coefficient (Wildman–Crippen LogP) is 1.74.